The first-order valence-corrected chi connectivity index (χ1v) is 15.8. The Morgan fingerprint density at radius 2 is 1.74 bits per heavy atom. The largest absolute Gasteiger partial charge is 0.481 e. The monoisotopic (exact) mass is 616 g/mol. The normalized spacial score (nSPS) is 14.7. The number of hydrogen-bond donors (Lipinski definition) is 3. The maximum absolute atomic E-state index is 13.9. The van der Waals surface area contributed by atoms with Crippen molar-refractivity contribution in [1.29, 1.82) is 0 Å². The molecule has 4 rings (SSSR count). The fraction of sp³-hybridized carbons (Fsp3) is 0.406. The zero-order valence-electron chi connectivity index (χ0n) is 24.1. The molecule has 3 N–H and O–H groups in total. The molecule has 10 heteroatoms. The Balaban J connectivity index is 1.37. The summed E-state index contributed by atoms with van der Waals surface area (Å²) >= 11 is 6.50. The highest BCUT2D eigenvalue weighted by Gasteiger charge is 2.29. The molecule has 0 saturated heterocycles. The zero-order chi connectivity index (χ0) is 30.7. The average molecular weight is 617 g/mol. The van der Waals surface area contributed by atoms with Crippen molar-refractivity contribution in [2.45, 2.75) is 62.5 Å². The van der Waals surface area contributed by atoms with Gasteiger partial charge in [-0.15, -0.1) is 0 Å². The van der Waals surface area contributed by atoms with E-state index in [0.29, 0.717) is 22.6 Å². The Bertz CT molecular complexity index is 1520. The second-order valence-electron chi connectivity index (χ2n) is 11.8. The predicted molar refractivity (Wildman–Crippen MR) is 163 cm³/mol. The lowest BCUT2D eigenvalue weighted by atomic mass is 9.88. The van der Waals surface area contributed by atoms with E-state index < -0.39 is 27.9 Å². The number of sulfonamides is 1. The standard InChI is InChI=1S/C32H38ClFN2O5S/c1-32(2,18-21-14-22-6-4-5-7-23(22)15-21)35-19-26(37)20-36(3)42(40,41)27-10-12-29(30(33)17-27)28-11-9-25(34)16-24(28)8-13-31(38)39/h4-7,9-12,16-17,21,26,35,37H,8,13-15,18-20H2,1-3H3,(H,38,39)/t26-/m1/s1. The van der Waals surface area contributed by atoms with Gasteiger partial charge in [0.25, 0.3) is 0 Å². The van der Waals surface area contributed by atoms with Gasteiger partial charge < -0.3 is 15.5 Å². The second kappa shape index (κ2) is 13.2. The fourth-order valence-corrected chi connectivity index (χ4v) is 7.35. The van der Waals surface area contributed by atoms with Crippen molar-refractivity contribution in [2.24, 2.45) is 5.92 Å². The van der Waals surface area contributed by atoms with Crippen LogP contribution in [0, 0.1) is 11.7 Å². The van der Waals surface area contributed by atoms with E-state index in [0.717, 1.165) is 23.6 Å². The van der Waals surface area contributed by atoms with Crippen molar-refractivity contribution in [3.8, 4) is 11.1 Å². The highest BCUT2D eigenvalue weighted by Crippen LogP contribution is 2.34. The SMILES string of the molecule is CN(C[C@H](O)CNC(C)(C)CC1Cc2ccccc2C1)S(=O)(=O)c1ccc(-c2ccc(F)cc2CCC(=O)O)c(Cl)c1. The number of benzene rings is 3. The van der Waals surface area contributed by atoms with Crippen LogP contribution in [0.4, 0.5) is 4.39 Å². The van der Waals surface area contributed by atoms with Crippen LogP contribution < -0.4 is 5.32 Å². The Kier molecular flexibility index (Phi) is 10.1. The van der Waals surface area contributed by atoms with Crippen LogP contribution in [0.2, 0.25) is 5.02 Å². The van der Waals surface area contributed by atoms with E-state index in [1.165, 1.54) is 54.6 Å². The number of carboxylic acids is 1. The summed E-state index contributed by atoms with van der Waals surface area (Å²) in [6.45, 7) is 4.31. The lowest BCUT2D eigenvalue weighted by Crippen LogP contribution is -2.47. The number of carbonyl (C=O) groups is 1. The molecule has 0 radical (unpaired) electrons. The Labute approximate surface area is 252 Å². The quantitative estimate of drug-likeness (QED) is 0.240. The van der Waals surface area contributed by atoms with Gasteiger partial charge >= 0.3 is 5.97 Å². The van der Waals surface area contributed by atoms with E-state index in [4.69, 9.17) is 16.7 Å². The molecule has 0 spiro atoms. The Morgan fingerprint density at radius 1 is 1.10 bits per heavy atom. The lowest BCUT2D eigenvalue weighted by molar-refractivity contribution is -0.136. The van der Waals surface area contributed by atoms with Crippen LogP contribution in [0.1, 0.15) is 43.4 Å². The van der Waals surface area contributed by atoms with Crippen LogP contribution in [0.5, 0.6) is 0 Å². The van der Waals surface area contributed by atoms with Crippen LogP contribution in [0.15, 0.2) is 65.6 Å². The number of fused-ring (bicyclic) bond motifs is 1. The Hall–Kier alpha value is -2.82. The molecule has 3 aromatic carbocycles. The van der Waals surface area contributed by atoms with Gasteiger partial charge in [-0.3, -0.25) is 4.79 Å². The van der Waals surface area contributed by atoms with Crippen molar-refractivity contribution in [3.05, 3.63) is 88.2 Å². The number of nitrogens with one attached hydrogen (secondary N) is 1. The third-order valence-electron chi connectivity index (χ3n) is 7.83. The maximum atomic E-state index is 13.9. The van der Waals surface area contributed by atoms with Gasteiger partial charge in [-0.25, -0.2) is 12.8 Å². The van der Waals surface area contributed by atoms with Gasteiger partial charge in [0.15, 0.2) is 0 Å². The summed E-state index contributed by atoms with van der Waals surface area (Å²) in [5.74, 6) is -1.00. The maximum Gasteiger partial charge on any atom is 0.303 e. The molecule has 0 fully saturated rings. The molecule has 1 aliphatic carbocycles. The molecule has 0 saturated carbocycles. The van der Waals surface area contributed by atoms with Crippen LogP contribution in [-0.2, 0) is 34.1 Å². The third kappa shape index (κ3) is 7.96. The van der Waals surface area contributed by atoms with Crippen LogP contribution in [-0.4, -0.2) is 60.7 Å². The van der Waals surface area contributed by atoms with Crippen LogP contribution in [0.3, 0.4) is 0 Å². The van der Waals surface area contributed by atoms with Crippen LogP contribution >= 0.6 is 11.6 Å². The summed E-state index contributed by atoms with van der Waals surface area (Å²) in [6.07, 6.45) is 1.98. The number of halogens is 2. The first-order valence-electron chi connectivity index (χ1n) is 14.0. The van der Waals surface area contributed by atoms with Crippen LogP contribution in [0.25, 0.3) is 11.1 Å². The number of β-amino-alcohol motifs (C(OH)–C–C–N with tert-alkyl or cyclic N) is 1. The number of likely N-dealkylation sites (N-methyl/N-ethyl adjacent to an activating group) is 1. The number of aliphatic hydroxyl groups excluding tert-OH is 1. The van der Waals surface area contributed by atoms with Crippen molar-refractivity contribution >= 4 is 27.6 Å². The van der Waals surface area contributed by atoms with E-state index in [1.807, 2.05) is 0 Å². The van der Waals surface area contributed by atoms with Crippen molar-refractivity contribution in [1.82, 2.24) is 9.62 Å². The predicted octanol–water partition coefficient (Wildman–Crippen LogP) is 5.32. The minimum Gasteiger partial charge on any atom is -0.481 e. The molecule has 0 heterocycles. The fourth-order valence-electron chi connectivity index (χ4n) is 5.77. The number of hydrogen-bond acceptors (Lipinski definition) is 5. The lowest BCUT2D eigenvalue weighted by Gasteiger charge is -2.31. The number of aliphatic hydroxyl groups is 1. The number of carboxylic acid groups (broad SMARTS) is 1. The third-order valence-corrected chi connectivity index (χ3v) is 9.97. The van der Waals surface area contributed by atoms with Gasteiger partial charge in [0.2, 0.25) is 10.0 Å². The van der Waals surface area contributed by atoms with E-state index in [2.05, 4.69) is 43.4 Å². The number of aliphatic carboxylic acids is 1. The molecule has 0 amide bonds. The van der Waals surface area contributed by atoms with Gasteiger partial charge in [-0.05, 0) is 92.0 Å². The molecule has 42 heavy (non-hydrogen) atoms. The summed E-state index contributed by atoms with van der Waals surface area (Å²) in [6, 6.07) is 16.8. The average Bonchev–Trinajstić information content (AvgIpc) is 3.32. The first kappa shape index (κ1) is 32.1. The summed E-state index contributed by atoms with van der Waals surface area (Å²) in [7, 11) is -2.57. The summed E-state index contributed by atoms with van der Waals surface area (Å²) in [4.78, 5) is 11.0. The molecule has 0 unspecified atom stereocenters. The summed E-state index contributed by atoms with van der Waals surface area (Å²) < 4.78 is 41.6. The van der Waals surface area contributed by atoms with Crippen molar-refractivity contribution in [3.63, 3.8) is 0 Å². The Morgan fingerprint density at radius 3 is 2.36 bits per heavy atom. The van der Waals surface area contributed by atoms with Gasteiger partial charge in [-0.1, -0.05) is 48.0 Å². The van der Waals surface area contributed by atoms with E-state index >= 15 is 0 Å². The van der Waals surface area contributed by atoms with Gasteiger partial charge in [0, 0.05) is 42.7 Å². The van der Waals surface area contributed by atoms with E-state index in [1.54, 1.807) is 0 Å². The first-order chi connectivity index (χ1) is 19.7. The zero-order valence-corrected chi connectivity index (χ0v) is 25.7. The van der Waals surface area contributed by atoms with E-state index in [9.17, 15) is 22.7 Å². The van der Waals surface area contributed by atoms with Crippen molar-refractivity contribution in [2.75, 3.05) is 20.1 Å². The van der Waals surface area contributed by atoms with E-state index in [-0.39, 0.29) is 41.4 Å². The number of aryl methyl sites for hydroxylation is 1. The molecular weight excluding hydrogens is 579 g/mol. The molecule has 1 aliphatic rings. The van der Waals surface area contributed by atoms with Crippen molar-refractivity contribution < 1.29 is 27.8 Å². The minimum atomic E-state index is -3.97. The van der Waals surface area contributed by atoms with Gasteiger partial charge in [-0.2, -0.15) is 4.31 Å². The topological polar surface area (TPSA) is 107 Å². The molecule has 0 aromatic heterocycles. The second-order valence-corrected chi connectivity index (χ2v) is 14.2. The molecular formula is C32H38ClFN2O5S. The molecule has 7 nitrogen and oxygen atoms in total. The van der Waals surface area contributed by atoms with Gasteiger partial charge in [0.1, 0.15) is 5.82 Å². The number of nitrogens with zero attached hydrogens (tertiary/aromatic N) is 1. The molecule has 0 bridgehead atoms. The molecule has 0 aliphatic heterocycles. The smallest absolute Gasteiger partial charge is 0.303 e. The number of rotatable bonds is 13. The highest BCUT2D eigenvalue weighted by molar-refractivity contribution is 7.89. The molecule has 1 atom stereocenters. The summed E-state index contributed by atoms with van der Waals surface area (Å²) in [5, 5.41) is 23.3. The highest BCUT2D eigenvalue weighted by atomic mass is 35.5. The summed E-state index contributed by atoms with van der Waals surface area (Å²) in [5.41, 5.74) is 4.02. The molecule has 3 aromatic rings. The molecule has 226 valence electrons. The minimum absolute atomic E-state index is 0.0470. The van der Waals surface area contributed by atoms with Gasteiger partial charge in [0.05, 0.1) is 11.0 Å².